The van der Waals surface area contributed by atoms with Gasteiger partial charge in [-0.3, -0.25) is 4.99 Å². The van der Waals surface area contributed by atoms with Crippen LogP contribution in [0.25, 0.3) is 0 Å². The number of aliphatic imine (C=N–C) groups is 1. The fourth-order valence-corrected chi connectivity index (χ4v) is 0.462. The largest absolute Gasteiger partial charge is 1.00 e. The minimum absolute atomic E-state index is 0. The average molecular weight is 195 g/mol. The van der Waals surface area contributed by atoms with Crippen LogP contribution in [0.5, 0.6) is 0 Å². The molecule has 66 valence electrons. The molecule has 12 heavy (non-hydrogen) atoms. The molecule has 0 aromatic heterocycles. The normalized spacial score (nSPS) is 17.2. The van der Waals surface area contributed by atoms with Crippen molar-refractivity contribution in [1.29, 1.82) is 0 Å². The molecule has 0 N–H and O–H groups in total. The van der Waals surface area contributed by atoms with Crippen LogP contribution in [0.1, 0.15) is 34.6 Å². The zero-order valence-corrected chi connectivity index (χ0v) is 12.2. The molecule has 0 radical (unpaired) electrons. The molecule has 0 amide bonds. The van der Waals surface area contributed by atoms with Crippen LogP contribution in [0.2, 0.25) is 0 Å². The Morgan fingerprint density at radius 3 is 1.92 bits per heavy atom. The molecule has 0 aromatic rings. The summed E-state index contributed by atoms with van der Waals surface area (Å²) >= 11 is 0. The van der Waals surface area contributed by atoms with E-state index in [1.807, 2.05) is 27.7 Å². The molecule has 0 aliphatic heterocycles. The van der Waals surface area contributed by atoms with E-state index in [4.69, 9.17) is 0 Å². The topological polar surface area (TPSA) is 35.4 Å². The SMILES string of the molecule is CC([O-])C(C)C=NC(C)(C)C.[K+]. The van der Waals surface area contributed by atoms with Crippen LogP contribution in [0.15, 0.2) is 4.99 Å². The molecule has 2 atom stereocenters. The van der Waals surface area contributed by atoms with Crippen LogP contribution < -0.4 is 56.5 Å². The standard InChI is InChI=1S/C9H18NO.K/c1-7(8(2)11)6-10-9(3,4)5;/h6-8H,1-5H3;/q-1;+1. The van der Waals surface area contributed by atoms with Crippen molar-refractivity contribution in [3.8, 4) is 0 Å². The number of rotatable bonds is 2. The van der Waals surface area contributed by atoms with E-state index in [1.165, 1.54) is 0 Å². The van der Waals surface area contributed by atoms with Gasteiger partial charge in [-0.15, -0.1) is 6.10 Å². The molecular formula is C9H18KNO. The van der Waals surface area contributed by atoms with Crippen molar-refractivity contribution in [2.45, 2.75) is 46.3 Å². The summed E-state index contributed by atoms with van der Waals surface area (Å²) in [5.74, 6) is 0.0363. The first-order chi connectivity index (χ1) is 4.83. The van der Waals surface area contributed by atoms with Crippen molar-refractivity contribution < 1.29 is 56.5 Å². The molecule has 0 aromatic carbocycles. The predicted octanol–water partition coefficient (Wildman–Crippen LogP) is -1.76. The second-order valence-electron chi connectivity index (χ2n) is 4.01. The number of hydrogen-bond donors (Lipinski definition) is 0. The van der Waals surface area contributed by atoms with Crippen LogP contribution in [0.3, 0.4) is 0 Å². The van der Waals surface area contributed by atoms with E-state index in [0.29, 0.717) is 0 Å². The van der Waals surface area contributed by atoms with Gasteiger partial charge in [0.2, 0.25) is 0 Å². The first-order valence-corrected chi connectivity index (χ1v) is 4.04. The molecule has 0 rings (SSSR count). The summed E-state index contributed by atoms with van der Waals surface area (Å²) in [6, 6.07) is 0. The molecule has 0 aliphatic rings. The summed E-state index contributed by atoms with van der Waals surface area (Å²) in [6.45, 7) is 9.62. The van der Waals surface area contributed by atoms with Gasteiger partial charge < -0.3 is 5.11 Å². The van der Waals surface area contributed by atoms with E-state index in [-0.39, 0.29) is 62.8 Å². The summed E-state index contributed by atoms with van der Waals surface area (Å²) in [5, 5.41) is 10.9. The van der Waals surface area contributed by atoms with Crippen molar-refractivity contribution in [3.63, 3.8) is 0 Å². The Morgan fingerprint density at radius 2 is 1.67 bits per heavy atom. The van der Waals surface area contributed by atoms with Crippen LogP contribution >= 0.6 is 0 Å². The smallest absolute Gasteiger partial charge is 0.852 e. The van der Waals surface area contributed by atoms with E-state index in [1.54, 1.807) is 13.1 Å². The molecule has 0 saturated carbocycles. The molecule has 0 fully saturated rings. The van der Waals surface area contributed by atoms with Crippen LogP contribution in [0.4, 0.5) is 0 Å². The second kappa shape index (κ2) is 6.68. The van der Waals surface area contributed by atoms with Crippen molar-refractivity contribution in [1.82, 2.24) is 0 Å². The van der Waals surface area contributed by atoms with Gasteiger partial charge in [0.25, 0.3) is 0 Å². The third kappa shape index (κ3) is 9.36. The Balaban J connectivity index is 0. The van der Waals surface area contributed by atoms with Gasteiger partial charge in [0.05, 0.1) is 5.54 Å². The molecule has 0 spiro atoms. The van der Waals surface area contributed by atoms with E-state index >= 15 is 0 Å². The molecule has 3 heteroatoms. The molecular weight excluding hydrogens is 177 g/mol. The Kier molecular flexibility index (Phi) is 8.75. The summed E-state index contributed by atoms with van der Waals surface area (Å²) < 4.78 is 0. The predicted molar refractivity (Wildman–Crippen MR) is 46.9 cm³/mol. The molecule has 0 bridgehead atoms. The van der Waals surface area contributed by atoms with Gasteiger partial charge in [0.15, 0.2) is 0 Å². The van der Waals surface area contributed by atoms with Gasteiger partial charge in [0, 0.05) is 6.21 Å². The molecule has 0 saturated heterocycles. The van der Waals surface area contributed by atoms with E-state index < -0.39 is 6.10 Å². The van der Waals surface area contributed by atoms with Crippen molar-refractivity contribution in [3.05, 3.63) is 0 Å². The van der Waals surface area contributed by atoms with Gasteiger partial charge in [-0.25, -0.2) is 0 Å². The Labute approximate surface area is 118 Å². The first kappa shape index (κ1) is 15.7. The summed E-state index contributed by atoms with van der Waals surface area (Å²) in [4.78, 5) is 4.25. The molecule has 0 aliphatic carbocycles. The zero-order valence-electron chi connectivity index (χ0n) is 9.09. The quantitative estimate of drug-likeness (QED) is 0.380. The minimum Gasteiger partial charge on any atom is -0.852 e. The monoisotopic (exact) mass is 195 g/mol. The van der Waals surface area contributed by atoms with Gasteiger partial charge >= 0.3 is 51.4 Å². The number of hydrogen-bond acceptors (Lipinski definition) is 2. The maximum absolute atomic E-state index is 10.9. The Hall–Kier alpha value is 1.27. The van der Waals surface area contributed by atoms with E-state index in [2.05, 4.69) is 4.99 Å². The zero-order chi connectivity index (χ0) is 9.07. The van der Waals surface area contributed by atoms with Crippen LogP contribution in [-0.4, -0.2) is 17.9 Å². The van der Waals surface area contributed by atoms with Crippen molar-refractivity contribution in [2.75, 3.05) is 0 Å². The summed E-state index contributed by atoms with van der Waals surface area (Å²) in [5.41, 5.74) is -0.0524. The first-order valence-electron chi connectivity index (χ1n) is 4.04. The maximum Gasteiger partial charge on any atom is 1.00 e. The molecule has 0 heterocycles. The fraction of sp³-hybridized carbons (Fsp3) is 0.889. The molecule has 2 unspecified atom stereocenters. The maximum atomic E-state index is 10.9. The van der Waals surface area contributed by atoms with Crippen molar-refractivity contribution >= 4 is 6.21 Å². The summed E-state index contributed by atoms with van der Waals surface area (Å²) in [6.07, 6.45) is 1.21. The second-order valence-corrected chi connectivity index (χ2v) is 4.01. The Bertz CT molecular complexity index is 138. The average Bonchev–Trinajstić information content (AvgIpc) is 1.80. The van der Waals surface area contributed by atoms with Crippen molar-refractivity contribution in [2.24, 2.45) is 10.9 Å². The van der Waals surface area contributed by atoms with Gasteiger partial charge in [-0.1, -0.05) is 13.8 Å². The van der Waals surface area contributed by atoms with Gasteiger partial charge in [-0.05, 0) is 26.7 Å². The minimum atomic E-state index is -0.555. The van der Waals surface area contributed by atoms with Crippen LogP contribution in [-0.2, 0) is 0 Å². The number of nitrogens with zero attached hydrogens (tertiary/aromatic N) is 1. The summed E-state index contributed by atoms with van der Waals surface area (Å²) in [7, 11) is 0. The van der Waals surface area contributed by atoms with Gasteiger partial charge in [0.1, 0.15) is 0 Å². The van der Waals surface area contributed by atoms with Gasteiger partial charge in [-0.2, -0.15) is 0 Å². The molecule has 2 nitrogen and oxygen atoms in total. The fourth-order valence-electron chi connectivity index (χ4n) is 0.462. The van der Waals surface area contributed by atoms with E-state index in [9.17, 15) is 5.11 Å². The van der Waals surface area contributed by atoms with E-state index in [0.717, 1.165) is 0 Å². The Morgan fingerprint density at radius 1 is 1.25 bits per heavy atom. The van der Waals surface area contributed by atoms with Crippen LogP contribution in [0, 0.1) is 5.92 Å². The third-order valence-electron chi connectivity index (χ3n) is 1.44. The third-order valence-corrected chi connectivity index (χ3v) is 1.44.